The van der Waals surface area contributed by atoms with Crippen molar-refractivity contribution in [2.24, 2.45) is 11.8 Å². The zero-order chi connectivity index (χ0) is 17.3. The molecule has 23 heavy (non-hydrogen) atoms. The van der Waals surface area contributed by atoms with E-state index in [2.05, 4.69) is 56.5 Å². The van der Waals surface area contributed by atoms with E-state index in [1.807, 2.05) is 11.8 Å². The van der Waals surface area contributed by atoms with E-state index in [4.69, 9.17) is 0 Å². The van der Waals surface area contributed by atoms with Gasteiger partial charge in [-0.25, -0.2) is 0 Å². The predicted octanol–water partition coefficient (Wildman–Crippen LogP) is 2.11. The molecular weight excluding hydrogens is 288 g/mol. The van der Waals surface area contributed by atoms with E-state index < -0.39 is 0 Å². The topological polar surface area (TPSA) is 41.4 Å². The zero-order valence-corrected chi connectivity index (χ0v) is 15.8. The predicted molar refractivity (Wildman–Crippen MR) is 93.5 cm³/mol. The fraction of sp³-hybridized carbons (Fsp3) is 0.778. The molecule has 2 rings (SSSR count). The van der Waals surface area contributed by atoms with Crippen molar-refractivity contribution in [2.45, 2.75) is 53.6 Å². The number of hydrogen-bond donors (Lipinski definition) is 0. The van der Waals surface area contributed by atoms with Gasteiger partial charge in [-0.2, -0.15) is 5.10 Å². The van der Waals surface area contributed by atoms with Gasteiger partial charge in [0, 0.05) is 36.9 Å². The third-order valence-corrected chi connectivity index (χ3v) is 4.99. The van der Waals surface area contributed by atoms with Gasteiger partial charge in [0.25, 0.3) is 0 Å². The van der Waals surface area contributed by atoms with Crippen molar-refractivity contribution in [1.29, 1.82) is 0 Å². The number of likely N-dealkylation sites (N-methyl/N-ethyl adjacent to an activating group) is 1. The minimum Gasteiger partial charge on any atom is -0.341 e. The van der Waals surface area contributed by atoms with Crippen LogP contribution in [0.5, 0.6) is 0 Å². The number of rotatable bonds is 5. The average molecular weight is 320 g/mol. The van der Waals surface area contributed by atoms with Crippen molar-refractivity contribution < 1.29 is 4.79 Å². The Morgan fingerprint density at radius 3 is 2.48 bits per heavy atom. The quantitative estimate of drug-likeness (QED) is 0.834. The largest absolute Gasteiger partial charge is 0.341 e. The number of carbonyl (C=O) groups excluding carboxylic acids is 1. The Balaban J connectivity index is 2.08. The van der Waals surface area contributed by atoms with Crippen LogP contribution in [0.3, 0.4) is 0 Å². The van der Waals surface area contributed by atoms with Gasteiger partial charge in [-0.3, -0.25) is 9.48 Å². The molecule has 0 aliphatic carbocycles. The standard InChI is InChI=1S/C18H32N4O/c1-12(2)9-22-15(5)16(14(4)19-22)8-18(23)21-10-13(3)17(11-21)20(6)7/h12-13,17H,8-11H2,1-7H3/t13-,17+/m1/s1. The Morgan fingerprint density at radius 2 is 1.96 bits per heavy atom. The summed E-state index contributed by atoms with van der Waals surface area (Å²) in [5.41, 5.74) is 3.24. The molecule has 2 heterocycles. The fourth-order valence-corrected chi connectivity index (χ4v) is 3.60. The summed E-state index contributed by atoms with van der Waals surface area (Å²) in [6, 6.07) is 0.463. The Kier molecular flexibility index (Phi) is 5.50. The molecule has 0 N–H and O–H groups in total. The lowest BCUT2D eigenvalue weighted by Crippen LogP contribution is -2.36. The summed E-state index contributed by atoms with van der Waals surface area (Å²) in [4.78, 5) is 17.0. The first kappa shape index (κ1) is 18.0. The lowest BCUT2D eigenvalue weighted by atomic mass is 10.1. The monoisotopic (exact) mass is 320 g/mol. The van der Waals surface area contributed by atoms with Crippen LogP contribution in [0.4, 0.5) is 0 Å². The third-order valence-electron chi connectivity index (χ3n) is 4.99. The van der Waals surface area contributed by atoms with Crippen LogP contribution in [0, 0.1) is 25.7 Å². The van der Waals surface area contributed by atoms with Gasteiger partial charge in [0.1, 0.15) is 0 Å². The molecule has 0 saturated carbocycles. The van der Waals surface area contributed by atoms with Gasteiger partial charge in [-0.05, 0) is 39.8 Å². The molecule has 1 amide bonds. The van der Waals surface area contributed by atoms with Gasteiger partial charge < -0.3 is 9.80 Å². The summed E-state index contributed by atoms with van der Waals surface area (Å²) in [5.74, 6) is 1.31. The maximum atomic E-state index is 12.7. The molecule has 1 fully saturated rings. The lowest BCUT2D eigenvalue weighted by Gasteiger charge is -2.22. The van der Waals surface area contributed by atoms with Gasteiger partial charge in [0.05, 0.1) is 12.1 Å². The van der Waals surface area contributed by atoms with Crippen LogP contribution in [0.1, 0.15) is 37.7 Å². The van der Waals surface area contributed by atoms with E-state index >= 15 is 0 Å². The number of likely N-dealkylation sites (tertiary alicyclic amines) is 1. The van der Waals surface area contributed by atoms with Crippen molar-refractivity contribution in [3.05, 3.63) is 17.0 Å². The van der Waals surface area contributed by atoms with Gasteiger partial charge in [0.15, 0.2) is 0 Å². The second-order valence-electron chi connectivity index (χ2n) is 7.71. The molecule has 5 nitrogen and oxygen atoms in total. The molecule has 1 aromatic heterocycles. The molecule has 130 valence electrons. The molecule has 1 saturated heterocycles. The maximum absolute atomic E-state index is 12.7. The Bertz CT molecular complexity index is 562. The highest BCUT2D eigenvalue weighted by molar-refractivity contribution is 5.79. The fourth-order valence-electron chi connectivity index (χ4n) is 3.60. The molecule has 1 aliphatic heterocycles. The van der Waals surface area contributed by atoms with Crippen molar-refractivity contribution >= 4 is 5.91 Å². The Morgan fingerprint density at radius 1 is 1.30 bits per heavy atom. The summed E-state index contributed by atoms with van der Waals surface area (Å²) < 4.78 is 2.05. The van der Waals surface area contributed by atoms with E-state index in [0.29, 0.717) is 24.3 Å². The van der Waals surface area contributed by atoms with Crippen molar-refractivity contribution in [1.82, 2.24) is 19.6 Å². The molecule has 0 unspecified atom stereocenters. The summed E-state index contributed by atoms with van der Waals surface area (Å²) in [6.07, 6.45) is 0.475. The van der Waals surface area contributed by atoms with E-state index in [1.165, 1.54) is 0 Å². The molecule has 5 heteroatoms. The highest BCUT2D eigenvalue weighted by Gasteiger charge is 2.33. The summed E-state index contributed by atoms with van der Waals surface area (Å²) in [6.45, 7) is 13.3. The summed E-state index contributed by atoms with van der Waals surface area (Å²) in [7, 11) is 4.19. The van der Waals surface area contributed by atoms with E-state index in [9.17, 15) is 4.79 Å². The number of aryl methyl sites for hydroxylation is 1. The maximum Gasteiger partial charge on any atom is 0.227 e. The van der Waals surface area contributed by atoms with Gasteiger partial charge in [-0.15, -0.1) is 0 Å². The summed E-state index contributed by atoms with van der Waals surface area (Å²) >= 11 is 0. The third kappa shape index (κ3) is 3.94. The first-order valence-corrected chi connectivity index (χ1v) is 8.67. The van der Waals surface area contributed by atoms with Crippen molar-refractivity contribution in [2.75, 3.05) is 27.2 Å². The zero-order valence-electron chi connectivity index (χ0n) is 15.8. The smallest absolute Gasteiger partial charge is 0.227 e. The first-order chi connectivity index (χ1) is 10.7. The van der Waals surface area contributed by atoms with Crippen LogP contribution in [0.25, 0.3) is 0 Å². The van der Waals surface area contributed by atoms with E-state index in [1.54, 1.807) is 0 Å². The van der Waals surface area contributed by atoms with Crippen LogP contribution in [0.2, 0.25) is 0 Å². The normalized spacial score (nSPS) is 21.7. The van der Waals surface area contributed by atoms with E-state index in [0.717, 1.165) is 36.6 Å². The molecule has 1 aliphatic rings. The highest BCUT2D eigenvalue weighted by Crippen LogP contribution is 2.22. The van der Waals surface area contributed by atoms with Crippen LogP contribution >= 0.6 is 0 Å². The second-order valence-corrected chi connectivity index (χ2v) is 7.71. The molecular formula is C18H32N4O. The molecule has 1 aromatic rings. The second kappa shape index (κ2) is 7.04. The SMILES string of the molecule is Cc1nn(CC(C)C)c(C)c1CC(=O)N1C[C@@H](C)[C@@H](N(C)C)C1. The van der Waals surface area contributed by atoms with Gasteiger partial charge in [0.2, 0.25) is 5.91 Å². The van der Waals surface area contributed by atoms with Crippen LogP contribution in [0.15, 0.2) is 0 Å². The van der Waals surface area contributed by atoms with Crippen molar-refractivity contribution in [3.8, 4) is 0 Å². The van der Waals surface area contributed by atoms with Crippen LogP contribution in [-0.4, -0.2) is 58.7 Å². The molecule has 0 bridgehead atoms. The minimum atomic E-state index is 0.233. The number of hydrogen-bond acceptors (Lipinski definition) is 3. The number of aromatic nitrogens is 2. The molecule has 0 radical (unpaired) electrons. The number of amides is 1. The minimum absolute atomic E-state index is 0.233. The van der Waals surface area contributed by atoms with Crippen LogP contribution < -0.4 is 0 Å². The average Bonchev–Trinajstić information content (AvgIpc) is 2.94. The number of carbonyl (C=O) groups is 1. The summed E-state index contributed by atoms with van der Waals surface area (Å²) in [5, 5.41) is 4.63. The molecule has 0 spiro atoms. The van der Waals surface area contributed by atoms with Gasteiger partial charge >= 0.3 is 0 Å². The lowest BCUT2D eigenvalue weighted by molar-refractivity contribution is -0.129. The van der Waals surface area contributed by atoms with E-state index in [-0.39, 0.29) is 5.91 Å². The Labute approximate surface area is 140 Å². The number of nitrogens with zero attached hydrogens (tertiary/aromatic N) is 4. The van der Waals surface area contributed by atoms with Crippen molar-refractivity contribution in [3.63, 3.8) is 0 Å². The van der Waals surface area contributed by atoms with Crippen LogP contribution in [-0.2, 0) is 17.8 Å². The Hall–Kier alpha value is -1.36. The molecule has 2 atom stereocenters. The van der Waals surface area contributed by atoms with Gasteiger partial charge in [-0.1, -0.05) is 20.8 Å². The molecule has 0 aromatic carbocycles. The first-order valence-electron chi connectivity index (χ1n) is 8.67. The highest BCUT2D eigenvalue weighted by atomic mass is 16.2.